The average Bonchev–Trinajstić information content (AvgIpc) is 2.85. The van der Waals surface area contributed by atoms with Crippen molar-refractivity contribution in [2.24, 2.45) is 0 Å². The second kappa shape index (κ2) is 12.4. The minimum atomic E-state index is -1.47. The lowest BCUT2D eigenvalue weighted by Gasteiger charge is -2.12. The molecule has 180 valence electrons. The smallest absolute Gasteiger partial charge is 0.319 e. The van der Waals surface area contributed by atoms with Gasteiger partial charge in [-0.15, -0.1) is 0 Å². The van der Waals surface area contributed by atoms with Crippen molar-refractivity contribution in [3.63, 3.8) is 0 Å². The Morgan fingerprint density at radius 3 is 2.03 bits per heavy atom. The molecule has 5 N–H and O–H groups in total. The number of nitrogens with one attached hydrogen (secondary N) is 3. The molecule has 0 aromatic heterocycles. The van der Waals surface area contributed by atoms with E-state index >= 15 is 0 Å². The minimum absolute atomic E-state index is 0. The number of amides is 2. The first-order valence-electron chi connectivity index (χ1n) is 10.4. The molecule has 6 nitrogen and oxygen atoms in total. The average molecular weight is 528 g/mol. The second-order valence-corrected chi connectivity index (χ2v) is 9.31. The molecule has 0 spiro atoms. The maximum Gasteiger partial charge on any atom is 0.319 e. The molecule has 0 fully saturated rings. The van der Waals surface area contributed by atoms with E-state index in [9.17, 15) is 9.00 Å². The standard InChI is InChI=1S/C26H21Cl2N3O2S.H2O/c27-23-10-6-11-24(28)22(23)17-29-26(32)30-19-13-15-20(16-14-19)31-34(33)25-12-5-4-9-21(25)18-7-2-1-3-8-18;/h1-16,31H,17H2,(H2,29,30,32);1H2. The van der Waals surface area contributed by atoms with Crippen molar-refractivity contribution < 1.29 is 14.5 Å². The molecule has 0 aliphatic carbocycles. The number of urea groups is 1. The Hall–Kier alpha value is -3.36. The van der Waals surface area contributed by atoms with Gasteiger partial charge in [-0.2, -0.15) is 0 Å². The Morgan fingerprint density at radius 2 is 1.34 bits per heavy atom. The van der Waals surface area contributed by atoms with E-state index in [0.29, 0.717) is 31.9 Å². The number of hydrogen-bond acceptors (Lipinski definition) is 2. The van der Waals surface area contributed by atoms with Gasteiger partial charge in [-0.05, 0) is 53.6 Å². The zero-order valence-corrected chi connectivity index (χ0v) is 20.8. The molecule has 0 saturated heterocycles. The normalized spacial score (nSPS) is 11.1. The highest BCUT2D eigenvalue weighted by molar-refractivity contribution is 7.86. The Balaban J connectivity index is 0.00000342. The van der Waals surface area contributed by atoms with Crippen LogP contribution in [0.1, 0.15) is 5.56 Å². The van der Waals surface area contributed by atoms with Gasteiger partial charge in [0.25, 0.3) is 0 Å². The predicted octanol–water partition coefficient (Wildman–Crippen LogP) is 6.29. The Bertz CT molecular complexity index is 1300. The summed E-state index contributed by atoms with van der Waals surface area (Å²) in [5, 5.41) is 6.47. The molecule has 9 heteroatoms. The van der Waals surface area contributed by atoms with Crippen LogP contribution < -0.4 is 15.4 Å². The molecular weight excluding hydrogens is 505 g/mol. The van der Waals surface area contributed by atoms with Crippen molar-refractivity contribution >= 4 is 51.6 Å². The molecule has 0 aliphatic rings. The highest BCUT2D eigenvalue weighted by Gasteiger charge is 2.12. The number of carbonyl (C=O) groups excluding carboxylic acids is 1. The molecule has 0 radical (unpaired) electrons. The summed E-state index contributed by atoms with van der Waals surface area (Å²) < 4.78 is 16.1. The van der Waals surface area contributed by atoms with Crippen molar-refractivity contribution in [1.82, 2.24) is 5.32 Å². The largest absolute Gasteiger partial charge is 0.412 e. The topological polar surface area (TPSA) is 102 Å². The lowest BCUT2D eigenvalue weighted by atomic mass is 10.1. The summed E-state index contributed by atoms with van der Waals surface area (Å²) in [4.78, 5) is 12.9. The van der Waals surface area contributed by atoms with E-state index in [-0.39, 0.29) is 12.0 Å². The minimum Gasteiger partial charge on any atom is -0.412 e. The lowest BCUT2D eigenvalue weighted by Crippen LogP contribution is -2.28. The summed E-state index contributed by atoms with van der Waals surface area (Å²) in [6.07, 6.45) is 0. The van der Waals surface area contributed by atoms with E-state index in [2.05, 4.69) is 15.4 Å². The van der Waals surface area contributed by atoms with E-state index in [1.54, 1.807) is 42.5 Å². The summed E-state index contributed by atoms with van der Waals surface area (Å²) in [5.74, 6) is 0. The number of rotatable bonds is 7. The van der Waals surface area contributed by atoms with Gasteiger partial charge in [0.1, 0.15) is 0 Å². The molecule has 4 aromatic rings. The van der Waals surface area contributed by atoms with Crippen LogP contribution in [0.15, 0.2) is 102 Å². The predicted molar refractivity (Wildman–Crippen MR) is 144 cm³/mol. The molecule has 0 heterocycles. The molecule has 2 amide bonds. The second-order valence-electron chi connectivity index (χ2n) is 7.32. The molecule has 0 saturated carbocycles. The Morgan fingerprint density at radius 1 is 0.743 bits per heavy atom. The molecule has 0 aliphatic heterocycles. The zero-order valence-electron chi connectivity index (χ0n) is 18.4. The van der Waals surface area contributed by atoms with Crippen LogP contribution in [0.5, 0.6) is 0 Å². The number of carbonyl (C=O) groups is 1. The molecule has 1 atom stereocenters. The number of halogens is 2. The van der Waals surface area contributed by atoms with Gasteiger partial charge >= 0.3 is 6.03 Å². The van der Waals surface area contributed by atoms with Gasteiger partial charge < -0.3 is 20.8 Å². The maximum absolute atomic E-state index is 13.0. The van der Waals surface area contributed by atoms with Crippen LogP contribution in [0.4, 0.5) is 16.2 Å². The van der Waals surface area contributed by atoms with E-state index in [1.807, 2.05) is 54.6 Å². The summed E-state index contributed by atoms with van der Waals surface area (Å²) in [6.45, 7) is 0.198. The summed E-state index contributed by atoms with van der Waals surface area (Å²) in [5.41, 5.74) is 3.80. The summed E-state index contributed by atoms with van der Waals surface area (Å²) >= 11 is 12.3. The van der Waals surface area contributed by atoms with E-state index < -0.39 is 17.0 Å². The first-order valence-corrected chi connectivity index (χ1v) is 12.3. The van der Waals surface area contributed by atoms with Crippen LogP contribution >= 0.6 is 23.2 Å². The third-order valence-electron chi connectivity index (χ3n) is 5.01. The van der Waals surface area contributed by atoms with Crippen molar-refractivity contribution in [3.8, 4) is 11.1 Å². The summed E-state index contributed by atoms with van der Waals surface area (Å²) in [7, 11) is -1.47. The number of benzene rings is 4. The third-order valence-corrected chi connectivity index (χ3v) is 6.90. The third kappa shape index (κ3) is 6.83. The lowest BCUT2D eigenvalue weighted by molar-refractivity contribution is 0.251. The Kier molecular flexibility index (Phi) is 9.28. The quantitative estimate of drug-likeness (QED) is 0.263. The van der Waals surface area contributed by atoms with Gasteiger partial charge in [0.15, 0.2) is 11.0 Å². The fourth-order valence-corrected chi connectivity index (χ4v) is 4.89. The van der Waals surface area contributed by atoms with Crippen LogP contribution in [-0.2, 0) is 17.5 Å². The SMILES string of the molecule is O.O=C(NCc1c(Cl)cccc1Cl)Nc1ccc(NS(=O)c2ccccc2-c2ccccc2)cc1. The van der Waals surface area contributed by atoms with Crippen molar-refractivity contribution in [2.45, 2.75) is 11.4 Å². The van der Waals surface area contributed by atoms with Gasteiger partial charge in [-0.25, -0.2) is 9.00 Å². The first-order chi connectivity index (χ1) is 16.5. The monoisotopic (exact) mass is 527 g/mol. The summed E-state index contributed by atoms with van der Waals surface area (Å²) in [6, 6.07) is 29.2. The molecule has 4 rings (SSSR count). The maximum atomic E-state index is 13.0. The van der Waals surface area contributed by atoms with Gasteiger partial charge in [-0.1, -0.05) is 77.8 Å². The highest BCUT2D eigenvalue weighted by Crippen LogP contribution is 2.27. The van der Waals surface area contributed by atoms with Gasteiger partial charge in [-0.3, -0.25) is 0 Å². The van der Waals surface area contributed by atoms with Gasteiger partial charge in [0.2, 0.25) is 0 Å². The molecular formula is C26H23Cl2N3O3S. The van der Waals surface area contributed by atoms with Crippen molar-refractivity contribution in [1.29, 1.82) is 0 Å². The Labute approximate surface area is 216 Å². The molecule has 35 heavy (non-hydrogen) atoms. The van der Waals surface area contributed by atoms with Gasteiger partial charge in [0, 0.05) is 33.5 Å². The van der Waals surface area contributed by atoms with Crippen LogP contribution in [0, 0.1) is 0 Å². The van der Waals surface area contributed by atoms with Gasteiger partial charge in [0.05, 0.1) is 4.90 Å². The molecule has 1 unspecified atom stereocenters. The van der Waals surface area contributed by atoms with E-state index in [4.69, 9.17) is 23.2 Å². The molecule has 0 bridgehead atoms. The highest BCUT2D eigenvalue weighted by atomic mass is 35.5. The molecule has 4 aromatic carbocycles. The van der Waals surface area contributed by atoms with E-state index in [0.717, 1.165) is 11.1 Å². The van der Waals surface area contributed by atoms with Crippen molar-refractivity contribution in [3.05, 3.63) is 113 Å². The van der Waals surface area contributed by atoms with Crippen LogP contribution in [0.2, 0.25) is 10.0 Å². The zero-order chi connectivity index (χ0) is 23.9. The first kappa shape index (κ1) is 26.2. The number of anilines is 2. The van der Waals surface area contributed by atoms with Crippen molar-refractivity contribution in [2.75, 3.05) is 10.0 Å². The fraction of sp³-hybridized carbons (Fsp3) is 0.0385. The number of hydrogen-bond donors (Lipinski definition) is 3. The fourth-order valence-electron chi connectivity index (χ4n) is 3.31. The van der Waals surface area contributed by atoms with E-state index in [1.165, 1.54) is 0 Å². The van der Waals surface area contributed by atoms with Crippen LogP contribution in [0.25, 0.3) is 11.1 Å². The van der Waals surface area contributed by atoms with Crippen LogP contribution in [-0.4, -0.2) is 15.7 Å². The van der Waals surface area contributed by atoms with Crippen LogP contribution in [0.3, 0.4) is 0 Å².